The summed E-state index contributed by atoms with van der Waals surface area (Å²) in [5.41, 5.74) is 0.980. The van der Waals surface area contributed by atoms with E-state index in [1.54, 1.807) is 6.20 Å². The fraction of sp³-hybridized carbons (Fsp3) is 0.722. The molecule has 1 N–H and O–H groups in total. The van der Waals surface area contributed by atoms with Crippen molar-refractivity contribution in [2.45, 2.75) is 40.0 Å². The maximum Gasteiger partial charge on any atom is 0.225 e. The first kappa shape index (κ1) is 18.6. The molecule has 0 aliphatic carbocycles. The van der Waals surface area contributed by atoms with Crippen molar-refractivity contribution in [3.8, 4) is 0 Å². The van der Waals surface area contributed by atoms with Crippen molar-refractivity contribution in [3.63, 3.8) is 0 Å². The number of amides is 1. The average Bonchev–Trinajstić information content (AvgIpc) is 2.62. The summed E-state index contributed by atoms with van der Waals surface area (Å²) in [7, 11) is 0. The van der Waals surface area contributed by atoms with Crippen LogP contribution < -0.4 is 10.2 Å². The van der Waals surface area contributed by atoms with Gasteiger partial charge in [-0.1, -0.05) is 13.8 Å². The molecular weight excluding hydrogens is 302 g/mol. The number of hydrogen-bond acceptors (Lipinski definition) is 5. The second kappa shape index (κ2) is 9.57. The van der Waals surface area contributed by atoms with Crippen LogP contribution in [0.15, 0.2) is 12.3 Å². The second-order valence-corrected chi connectivity index (χ2v) is 6.43. The van der Waals surface area contributed by atoms with Crippen molar-refractivity contribution in [2.75, 3.05) is 44.2 Å². The van der Waals surface area contributed by atoms with E-state index in [1.165, 1.54) is 0 Å². The Bertz CT molecular complexity index is 510. The molecule has 0 aromatic carbocycles. The SMILES string of the molecule is CCN(CC)CCCNC(=O)C1CCN(c2nccc(C)n2)CC1. The molecule has 134 valence electrons. The van der Waals surface area contributed by atoms with Gasteiger partial charge in [-0.3, -0.25) is 4.79 Å². The molecule has 0 spiro atoms. The molecule has 0 unspecified atom stereocenters. The van der Waals surface area contributed by atoms with Crippen molar-refractivity contribution < 1.29 is 4.79 Å². The quantitative estimate of drug-likeness (QED) is 0.736. The van der Waals surface area contributed by atoms with Crippen LogP contribution >= 0.6 is 0 Å². The summed E-state index contributed by atoms with van der Waals surface area (Å²) in [5.74, 6) is 1.12. The lowest BCUT2D eigenvalue weighted by atomic mass is 9.96. The summed E-state index contributed by atoms with van der Waals surface area (Å²) in [6.45, 7) is 12.0. The standard InChI is InChI=1S/C18H31N5O/c1-4-22(5-2)12-6-10-19-17(24)16-8-13-23(14-9-16)18-20-11-7-15(3)21-18/h7,11,16H,4-6,8-10,12-14H2,1-3H3,(H,19,24). The van der Waals surface area contributed by atoms with Gasteiger partial charge in [-0.2, -0.15) is 0 Å². The van der Waals surface area contributed by atoms with Crippen LogP contribution in [0.1, 0.15) is 38.8 Å². The van der Waals surface area contributed by atoms with Crippen LogP contribution in [0.25, 0.3) is 0 Å². The summed E-state index contributed by atoms with van der Waals surface area (Å²) in [5, 5.41) is 3.10. The molecule has 2 rings (SSSR count). The lowest BCUT2D eigenvalue weighted by molar-refractivity contribution is -0.125. The van der Waals surface area contributed by atoms with E-state index < -0.39 is 0 Å². The summed E-state index contributed by atoms with van der Waals surface area (Å²) in [4.78, 5) is 25.7. The fourth-order valence-corrected chi connectivity index (χ4v) is 3.13. The highest BCUT2D eigenvalue weighted by molar-refractivity contribution is 5.78. The van der Waals surface area contributed by atoms with Crippen LogP contribution in [-0.2, 0) is 4.79 Å². The lowest BCUT2D eigenvalue weighted by Crippen LogP contribution is -2.41. The number of anilines is 1. The van der Waals surface area contributed by atoms with Crippen molar-refractivity contribution in [2.24, 2.45) is 5.92 Å². The van der Waals surface area contributed by atoms with Gasteiger partial charge in [0.15, 0.2) is 0 Å². The number of nitrogens with zero attached hydrogens (tertiary/aromatic N) is 4. The minimum absolute atomic E-state index is 0.125. The number of aromatic nitrogens is 2. The Morgan fingerprint density at radius 3 is 2.67 bits per heavy atom. The molecule has 24 heavy (non-hydrogen) atoms. The number of carbonyl (C=O) groups is 1. The molecule has 6 heteroatoms. The van der Waals surface area contributed by atoms with Gasteiger partial charge in [0.1, 0.15) is 0 Å². The molecule has 1 aromatic rings. The first-order valence-electron chi connectivity index (χ1n) is 9.18. The van der Waals surface area contributed by atoms with E-state index in [4.69, 9.17) is 0 Å². The monoisotopic (exact) mass is 333 g/mol. The lowest BCUT2D eigenvalue weighted by Gasteiger charge is -2.31. The van der Waals surface area contributed by atoms with E-state index in [1.807, 2.05) is 13.0 Å². The highest BCUT2D eigenvalue weighted by Crippen LogP contribution is 2.20. The van der Waals surface area contributed by atoms with Crippen molar-refractivity contribution >= 4 is 11.9 Å². The predicted octanol–water partition coefficient (Wildman–Crippen LogP) is 1.85. The molecule has 1 fully saturated rings. The van der Waals surface area contributed by atoms with E-state index in [9.17, 15) is 4.79 Å². The third-order valence-corrected chi connectivity index (χ3v) is 4.78. The maximum absolute atomic E-state index is 12.3. The zero-order valence-corrected chi connectivity index (χ0v) is 15.3. The van der Waals surface area contributed by atoms with E-state index in [2.05, 4.69) is 38.9 Å². The number of piperidine rings is 1. The van der Waals surface area contributed by atoms with Crippen molar-refractivity contribution in [1.82, 2.24) is 20.2 Å². The Hall–Kier alpha value is -1.69. The maximum atomic E-state index is 12.3. The Morgan fingerprint density at radius 2 is 2.04 bits per heavy atom. The molecule has 1 amide bonds. The smallest absolute Gasteiger partial charge is 0.225 e. The third-order valence-electron chi connectivity index (χ3n) is 4.78. The van der Waals surface area contributed by atoms with Gasteiger partial charge in [-0.15, -0.1) is 0 Å². The Balaban J connectivity index is 1.69. The van der Waals surface area contributed by atoms with Gasteiger partial charge >= 0.3 is 0 Å². The van der Waals surface area contributed by atoms with Gasteiger partial charge in [0.25, 0.3) is 0 Å². The zero-order chi connectivity index (χ0) is 17.4. The molecule has 1 aromatic heterocycles. The van der Waals surface area contributed by atoms with Crippen LogP contribution in [0, 0.1) is 12.8 Å². The number of nitrogens with one attached hydrogen (secondary N) is 1. The van der Waals surface area contributed by atoms with E-state index >= 15 is 0 Å². The van der Waals surface area contributed by atoms with Crippen LogP contribution in [0.5, 0.6) is 0 Å². The molecule has 0 radical (unpaired) electrons. The van der Waals surface area contributed by atoms with Gasteiger partial charge in [0, 0.05) is 37.4 Å². The molecule has 0 atom stereocenters. The third kappa shape index (κ3) is 5.44. The number of aryl methyl sites for hydroxylation is 1. The van der Waals surface area contributed by atoms with Gasteiger partial charge in [0.2, 0.25) is 11.9 Å². The fourth-order valence-electron chi connectivity index (χ4n) is 3.13. The summed E-state index contributed by atoms with van der Waals surface area (Å²) in [6.07, 6.45) is 4.56. The number of carbonyl (C=O) groups excluding carboxylic acids is 1. The number of hydrogen-bond donors (Lipinski definition) is 1. The molecular formula is C18H31N5O. The average molecular weight is 333 g/mol. The van der Waals surface area contributed by atoms with Crippen LogP contribution in [0.2, 0.25) is 0 Å². The molecule has 0 bridgehead atoms. The molecule has 1 aliphatic heterocycles. The van der Waals surface area contributed by atoms with Crippen LogP contribution in [0.4, 0.5) is 5.95 Å². The van der Waals surface area contributed by atoms with Crippen LogP contribution in [-0.4, -0.2) is 60.0 Å². The van der Waals surface area contributed by atoms with Crippen molar-refractivity contribution in [3.05, 3.63) is 18.0 Å². The molecule has 6 nitrogen and oxygen atoms in total. The minimum atomic E-state index is 0.125. The number of rotatable bonds is 8. The Labute approximate surface area is 145 Å². The summed E-state index contributed by atoms with van der Waals surface area (Å²) >= 11 is 0. The summed E-state index contributed by atoms with van der Waals surface area (Å²) < 4.78 is 0. The second-order valence-electron chi connectivity index (χ2n) is 6.43. The van der Waals surface area contributed by atoms with Crippen LogP contribution in [0.3, 0.4) is 0 Å². The highest BCUT2D eigenvalue weighted by Gasteiger charge is 2.25. The normalized spacial score (nSPS) is 15.8. The Morgan fingerprint density at radius 1 is 1.33 bits per heavy atom. The van der Waals surface area contributed by atoms with Gasteiger partial charge in [0.05, 0.1) is 0 Å². The highest BCUT2D eigenvalue weighted by atomic mass is 16.1. The zero-order valence-electron chi connectivity index (χ0n) is 15.3. The van der Waals surface area contributed by atoms with Crippen molar-refractivity contribution in [1.29, 1.82) is 0 Å². The Kier molecular flexibility index (Phi) is 7.43. The molecule has 1 aliphatic rings. The predicted molar refractivity (Wildman–Crippen MR) is 97.1 cm³/mol. The minimum Gasteiger partial charge on any atom is -0.356 e. The molecule has 2 heterocycles. The molecule has 0 saturated carbocycles. The van der Waals surface area contributed by atoms with Gasteiger partial charge in [-0.05, 0) is 51.9 Å². The summed E-state index contributed by atoms with van der Waals surface area (Å²) in [6, 6.07) is 1.90. The van der Waals surface area contributed by atoms with E-state index in [-0.39, 0.29) is 11.8 Å². The largest absolute Gasteiger partial charge is 0.356 e. The van der Waals surface area contributed by atoms with Gasteiger partial charge in [-0.25, -0.2) is 9.97 Å². The first-order chi connectivity index (χ1) is 11.6. The topological polar surface area (TPSA) is 61.4 Å². The van der Waals surface area contributed by atoms with E-state index in [0.717, 1.165) is 70.2 Å². The first-order valence-corrected chi connectivity index (χ1v) is 9.18. The van der Waals surface area contributed by atoms with Gasteiger partial charge < -0.3 is 15.1 Å². The van der Waals surface area contributed by atoms with E-state index in [0.29, 0.717) is 0 Å². The molecule has 1 saturated heterocycles.